The Balaban J connectivity index is 1.12. The predicted molar refractivity (Wildman–Crippen MR) is 239 cm³/mol. The fraction of sp³-hybridized carbons (Fsp3) is 0.0182. The summed E-state index contributed by atoms with van der Waals surface area (Å²) in [5, 5.41) is 2.21. The van der Waals surface area contributed by atoms with E-state index in [1.54, 1.807) is 0 Å². The SMILES string of the molecule is c1ccc(-c2ccc(N(c3ccc4c(c3)C3(c5ccccc5-4)c4ccccc4N(c4ccccc4)c4ccccc43)c3ccc4oc5ccccc5c4c3)cc2)cc1. The summed E-state index contributed by atoms with van der Waals surface area (Å²) in [7, 11) is 0. The van der Waals surface area contributed by atoms with Crippen LogP contribution in [0.1, 0.15) is 22.3 Å². The third-order valence-electron chi connectivity index (χ3n) is 12.3. The number of rotatable bonds is 5. The molecular weight excluding hydrogens is 705 g/mol. The normalized spacial score (nSPS) is 13.3. The van der Waals surface area contributed by atoms with E-state index < -0.39 is 5.41 Å². The Morgan fingerprint density at radius 2 is 0.897 bits per heavy atom. The van der Waals surface area contributed by atoms with Gasteiger partial charge in [-0.3, -0.25) is 0 Å². The van der Waals surface area contributed by atoms with E-state index in [-0.39, 0.29) is 0 Å². The van der Waals surface area contributed by atoms with Gasteiger partial charge >= 0.3 is 0 Å². The maximum absolute atomic E-state index is 6.32. The van der Waals surface area contributed by atoms with Crippen LogP contribution in [0.25, 0.3) is 44.2 Å². The lowest BCUT2D eigenvalue weighted by atomic mass is 9.64. The van der Waals surface area contributed by atoms with Crippen molar-refractivity contribution in [1.29, 1.82) is 0 Å². The third-order valence-corrected chi connectivity index (χ3v) is 12.3. The lowest BCUT2D eigenvalue weighted by Gasteiger charge is -2.45. The van der Waals surface area contributed by atoms with Crippen LogP contribution in [0.2, 0.25) is 0 Å². The van der Waals surface area contributed by atoms with Crippen LogP contribution in [-0.4, -0.2) is 0 Å². The van der Waals surface area contributed by atoms with Gasteiger partial charge in [-0.1, -0.05) is 146 Å². The summed E-state index contributed by atoms with van der Waals surface area (Å²) in [6.45, 7) is 0. The Hall–Kier alpha value is -7.62. The van der Waals surface area contributed by atoms with Gasteiger partial charge in [0.15, 0.2) is 0 Å². The highest BCUT2D eigenvalue weighted by Gasteiger charge is 2.51. The first-order valence-electron chi connectivity index (χ1n) is 19.9. The number of hydrogen-bond acceptors (Lipinski definition) is 3. The molecule has 0 amide bonds. The van der Waals surface area contributed by atoms with Crippen molar-refractivity contribution in [3.63, 3.8) is 0 Å². The lowest BCUT2D eigenvalue weighted by Crippen LogP contribution is -2.36. The van der Waals surface area contributed by atoms with Gasteiger partial charge in [-0.2, -0.15) is 0 Å². The van der Waals surface area contributed by atoms with Crippen LogP contribution in [0.4, 0.5) is 34.1 Å². The van der Waals surface area contributed by atoms with Crippen LogP contribution in [0.5, 0.6) is 0 Å². The number of benzene rings is 9. The molecule has 3 nitrogen and oxygen atoms in total. The summed E-state index contributed by atoms with van der Waals surface area (Å²) < 4.78 is 6.32. The number of hydrogen-bond donors (Lipinski definition) is 0. The standard InChI is InChI=1S/C55H36N2O/c1-3-15-37(16-4-1)38-27-29-40(30-28-38)56(41-32-34-54-46(35-41)45-20-8-14-26-53(45)58-54)42-31-33-44-43-19-7-9-21-47(43)55(50(44)36-42)48-22-10-12-24-51(48)57(39-17-5-2-6-18-39)52-25-13-11-23-49(52)55/h1-36H. The van der Waals surface area contributed by atoms with Gasteiger partial charge in [-0.25, -0.2) is 0 Å². The zero-order chi connectivity index (χ0) is 38.2. The van der Waals surface area contributed by atoms with Gasteiger partial charge in [0, 0.05) is 33.5 Å². The molecule has 0 unspecified atom stereocenters. The van der Waals surface area contributed by atoms with E-state index in [0.29, 0.717) is 0 Å². The highest BCUT2D eigenvalue weighted by atomic mass is 16.3. The van der Waals surface area contributed by atoms with Crippen molar-refractivity contribution in [3.8, 4) is 22.3 Å². The van der Waals surface area contributed by atoms with E-state index in [1.165, 1.54) is 55.9 Å². The van der Waals surface area contributed by atoms with E-state index >= 15 is 0 Å². The number of furan rings is 1. The van der Waals surface area contributed by atoms with Gasteiger partial charge in [0.1, 0.15) is 11.2 Å². The average Bonchev–Trinajstić information content (AvgIpc) is 3.81. The van der Waals surface area contributed by atoms with Crippen LogP contribution in [0.15, 0.2) is 223 Å². The second kappa shape index (κ2) is 12.7. The quantitative estimate of drug-likeness (QED) is 0.175. The van der Waals surface area contributed by atoms with Crippen molar-refractivity contribution in [1.82, 2.24) is 0 Å². The largest absolute Gasteiger partial charge is 0.456 e. The summed E-state index contributed by atoms with van der Waals surface area (Å²) in [4.78, 5) is 4.84. The Kier molecular flexibility index (Phi) is 7.14. The molecule has 0 fully saturated rings. The number of fused-ring (bicyclic) bond motifs is 12. The van der Waals surface area contributed by atoms with Gasteiger partial charge in [-0.15, -0.1) is 0 Å². The molecule has 0 bridgehead atoms. The topological polar surface area (TPSA) is 19.6 Å². The van der Waals surface area contributed by atoms with Crippen LogP contribution in [0, 0.1) is 0 Å². The third kappa shape index (κ3) is 4.68. The molecule has 2 heterocycles. The molecule has 58 heavy (non-hydrogen) atoms. The molecule has 0 saturated carbocycles. The first kappa shape index (κ1) is 32.6. The fourth-order valence-electron chi connectivity index (χ4n) is 9.82. The lowest BCUT2D eigenvalue weighted by molar-refractivity contribution is 0.669. The summed E-state index contributed by atoms with van der Waals surface area (Å²) in [6.07, 6.45) is 0. The first-order valence-corrected chi connectivity index (χ1v) is 19.9. The smallest absolute Gasteiger partial charge is 0.135 e. The van der Waals surface area contributed by atoms with E-state index in [1.807, 2.05) is 12.1 Å². The fourth-order valence-corrected chi connectivity index (χ4v) is 9.82. The Morgan fingerprint density at radius 1 is 0.362 bits per heavy atom. The molecule has 1 aromatic heterocycles. The van der Waals surface area contributed by atoms with Gasteiger partial charge < -0.3 is 14.2 Å². The van der Waals surface area contributed by atoms with Gasteiger partial charge in [0.05, 0.1) is 16.8 Å². The molecule has 3 heteroatoms. The van der Waals surface area contributed by atoms with Crippen molar-refractivity contribution in [2.24, 2.45) is 0 Å². The zero-order valence-electron chi connectivity index (χ0n) is 31.6. The van der Waals surface area contributed by atoms with Gasteiger partial charge in [0.25, 0.3) is 0 Å². The molecule has 12 rings (SSSR count). The summed E-state index contributed by atoms with van der Waals surface area (Å²) in [6, 6.07) is 79.4. The van der Waals surface area contributed by atoms with E-state index in [9.17, 15) is 0 Å². The van der Waals surface area contributed by atoms with Crippen molar-refractivity contribution in [3.05, 3.63) is 241 Å². The van der Waals surface area contributed by atoms with E-state index in [4.69, 9.17) is 4.42 Å². The molecule has 0 saturated heterocycles. The maximum atomic E-state index is 6.32. The van der Waals surface area contributed by atoms with Gasteiger partial charge in [0.2, 0.25) is 0 Å². The molecule has 10 aromatic rings. The van der Waals surface area contributed by atoms with Crippen LogP contribution >= 0.6 is 0 Å². The monoisotopic (exact) mass is 740 g/mol. The van der Waals surface area contributed by atoms with Crippen molar-refractivity contribution in [2.75, 3.05) is 9.80 Å². The molecule has 0 N–H and O–H groups in total. The molecule has 272 valence electrons. The molecule has 1 aliphatic heterocycles. The van der Waals surface area contributed by atoms with Crippen LogP contribution in [0.3, 0.4) is 0 Å². The second-order valence-corrected chi connectivity index (χ2v) is 15.3. The zero-order valence-corrected chi connectivity index (χ0v) is 31.6. The molecule has 0 radical (unpaired) electrons. The molecule has 1 aliphatic carbocycles. The molecule has 9 aromatic carbocycles. The molecular formula is C55H36N2O. The second-order valence-electron chi connectivity index (χ2n) is 15.3. The van der Waals surface area contributed by atoms with Crippen LogP contribution < -0.4 is 9.80 Å². The maximum Gasteiger partial charge on any atom is 0.135 e. The Bertz CT molecular complexity index is 3140. The van der Waals surface area contributed by atoms with E-state index in [0.717, 1.165) is 44.7 Å². The van der Waals surface area contributed by atoms with Crippen molar-refractivity contribution >= 4 is 56.1 Å². The predicted octanol–water partition coefficient (Wildman–Crippen LogP) is 14.9. The molecule has 0 atom stereocenters. The molecule has 1 spiro atoms. The number of nitrogens with zero attached hydrogens (tertiary/aromatic N) is 2. The summed E-state index contributed by atoms with van der Waals surface area (Å²) in [5.41, 5.74) is 18.0. The highest BCUT2D eigenvalue weighted by Crippen LogP contribution is 2.64. The molecule has 2 aliphatic rings. The average molecular weight is 741 g/mol. The summed E-state index contributed by atoms with van der Waals surface area (Å²) in [5.74, 6) is 0. The van der Waals surface area contributed by atoms with Crippen LogP contribution in [-0.2, 0) is 5.41 Å². The Morgan fingerprint density at radius 3 is 1.66 bits per heavy atom. The minimum Gasteiger partial charge on any atom is -0.456 e. The first-order chi connectivity index (χ1) is 28.8. The minimum absolute atomic E-state index is 0.562. The summed E-state index contributed by atoms with van der Waals surface area (Å²) >= 11 is 0. The van der Waals surface area contributed by atoms with Gasteiger partial charge in [-0.05, 0) is 117 Å². The van der Waals surface area contributed by atoms with Crippen molar-refractivity contribution < 1.29 is 4.42 Å². The minimum atomic E-state index is -0.562. The highest BCUT2D eigenvalue weighted by molar-refractivity contribution is 6.07. The Labute approximate surface area is 337 Å². The van der Waals surface area contributed by atoms with E-state index in [2.05, 4.69) is 216 Å². The van der Waals surface area contributed by atoms with Crippen molar-refractivity contribution in [2.45, 2.75) is 5.41 Å². The number of para-hydroxylation sites is 4. The number of anilines is 6.